The Balaban J connectivity index is 1.65. The van der Waals surface area contributed by atoms with E-state index in [9.17, 15) is 40.4 Å². The molecule has 0 spiro atoms. The molecule has 3 aromatic carbocycles. The number of Topliss-reactive ketones (excluding diaryl/α,β-unsaturated/α-hetero) is 1. The predicted octanol–water partition coefficient (Wildman–Crippen LogP) is 6.28. The molecule has 0 radical (unpaired) electrons. The summed E-state index contributed by atoms with van der Waals surface area (Å²) in [5, 5.41) is 4.71. The van der Waals surface area contributed by atoms with Gasteiger partial charge in [-0.25, -0.2) is 18.6 Å². The van der Waals surface area contributed by atoms with Crippen LogP contribution in [0.15, 0.2) is 78.9 Å². The van der Waals surface area contributed by atoms with E-state index in [0.717, 1.165) is 30.3 Å². The fourth-order valence-electron chi connectivity index (χ4n) is 5.95. The number of benzene rings is 3. The number of nitrogens with zero attached hydrogens (tertiary/aromatic N) is 3. The zero-order valence-electron chi connectivity index (χ0n) is 28.0. The van der Waals surface area contributed by atoms with Crippen molar-refractivity contribution in [1.82, 2.24) is 19.2 Å². The summed E-state index contributed by atoms with van der Waals surface area (Å²) in [5.41, 5.74) is -1.01. The summed E-state index contributed by atoms with van der Waals surface area (Å²) in [6.07, 6.45) is -6.49. The second kappa shape index (κ2) is 14.3. The Labute approximate surface area is 291 Å². The quantitative estimate of drug-likeness (QED) is 0.145. The van der Waals surface area contributed by atoms with Crippen molar-refractivity contribution in [3.05, 3.63) is 113 Å². The number of fused-ring (bicyclic) bond motifs is 1. The van der Waals surface area contributed by atoms with Crippen LogP contribution in [0.1, 0.15) is 72.8 Å². The molecule has 5 rings (SSSR count). The van der Waals surface area contributed by atoms with Crippen LogP contribution in [0, 0.1) is 11.7 Å². The van der Waals surface area contributed by atoms with E-state index in [0.29, 0.717) is 16.8 Å². The fraction of sp³-hybridized carbons (Fsp3) is 0.314. The highest BCUT2D eigenvalue weighted by molar-refractivity contribution is 7.88. The molecule has 270 valence electrons. The van der Waals surface area contributed by atoms with Gasteiger partial charge in [0.25, 0.3) is 0 Å². The lowest BCUT2D eigenvalue weighted by Crippen LogP contribution is -2.45. The van der Waals surface area contributed by atoms with Gasteiger partial charge in [-0.3, -0.25) is 14.5 Å². The van der Waals surface area contributed by atoms with Crippen molar-refractivity contribution >= 4 is 33.8 Å². The topological polar surface area (TPSA) is 140 Å². The largest absolute Gasteiger partial charge is 0.443 e. The number of hydrogen-bond acceptors (Lipinski definition) is 7. The number of carbonyl (C=O) groups is 3. The number of carbonyl (C=O) groups excluding carboxylic acids is 3. The smallest absolute Gasteiger partial charge is 0.422 e. The van der Waals surface area contributed by atoms with Crippen LogP contribution in [0.4, 0.5) is 28.2 Å². The summed E-state index contributed by atoms with van der Waals surface area (Å²) >= 11 is 0. The molecule has 1 aliphatic heterocycles. The van der Waals surface area contributed by atoms with Crippen LogP contribution in [-0.4, -0.2) is 48.1 Å². The molecular weight excluding hydrogens is 694 g/mol. The number of amides is 2. The lowest BCUT2D eigenvalue weighted by Gasteiger charge is -2.38. The Kier molecular flexibility index (Phi) is 10.4. The number of alkyl halides is 3. The minimum absolute atomic E-state index is 0.0696. The Bertz CT molecular complexity index is 2050. The molecule has 11 nitrogen and oxygen atoms in total. The van der Waals surface area contributed by atoms with Gasteiger partial charge in [0.1, 0.15) is 17.2 Å². The molecule has 0 saturated heterocycles. The number of halogens is 4. The van der Waals surface area contributed by atoms with Gasteiger partial charge in [0.15, 0.2) is 5.78 Å². The summed E-state index contributed by atoms with van der Waals surface area (Å²) in [6.45, 7) is 5.90. The van der Waals surface area contributed by atoms with E-state index in [4.69, 9.17) is 9.84 Å². The summed E-state index contributed by atoms with van der Waals surface area (Å²) in [6, 6.07) is 17.7. The molecule has 16 heteroatoms. The van der Waals surface area contributed by atoms with Gasteiger partial charge in [-0.1, -0.05) is 42.5 Å². The maximum atomic E-state index is 14.4. The van der Waals surface area contributed by atoms with Crippen LogP contribution in [-0.2, 0) is 32.5 Å². The van der Waals surface area contributed by atoms with E-state index in [1.54, 1.807) is 62.7 Å². The van der Waals surface area contributed by atoms with Crippen LogP contribution in [0.3, 0.4) is 0 Å². The van der Waals surface area contributed by atoms with Gasteiger partial charge in [0.05, 0.1) is 29.4 Å². The number of anilines is 1. The van der Waals surface area contributed by atoms with Crippen molar-refractivity contribution in [2.75, 3.05) is 11.4 Å². The van der Waals surface area contributed by atoms with Gasteiger partial charge in [0.2, 0.25) is 5.91 Å². The molecule has 1 aliphatic rings. The van der Waals surface area contributed by atoms with Crippen LogP contribution in [0.25, 0.3) is 5.69 Å². The normalized spacial score (nSPS) is 16.5. The molecule has 0 saturated carbocycles. The monoisotopic (exact) mass is 729 g/mol. The zero-order valence-corrected chi connectivity index (χ0v) is 28.8. The molecule has 1 aromatic heterocycles. The Morgan fingerprint density at radius 2 is 1.63 bits per heavy atom. The van der Waals surface area contributed by atoms with Crippen molar-refractivity contribution in [2.24, 2.45) is 5.92 Å². The Morgan fingerprint density at radius 3 is 2.24 bits per heavy atom. The predicted molar refractivity (Wildman–Crippen MR) is 179 cm³/mol. The second-order valence-corrected chi connectivity index (χ2v) is 14.3. The minimum atomic E-state index is -4.71. The lowest BCUT2D eigenvalue weighted by molar-refractivity contribution is -0.137. The standard InChI is InChI=1S/C35H35F4N5O6S/c1-5-43-31-30(27(41-44(31)25-12-7-6-8-13-25)20-40-51(48,49)42-33(47)50-34(2,3)4)29(21-14-16-24(36)17-15-21)26(32(43)46)19-28(45)22-10-9-11-23(18-22)35(37,38)39/h6-18,26,29,40H,5,19-20H2,1-4H3,(H,42,47)/t26-,29+/m0/s1. The molecule has 0 unspecified atom stereocenters. The van der Waals surface area contributed by atoms with Crippen molar-refractivity contribution in [1.29, 1.82) is 0 Å². The summed E-state index contributed by atoms with van der Waals surface area (Å²) in [7, 11) is -4.54. The van der Waals surface area contributed by atoms with Crippen molar-refractivity contribution in [3.63, 3.8) is 0 Å². The summed E-state index contributed by atoms with van der Waals surface area (Å²) in [5.74, 6) is -3.90. The molecule has 2 amide bonds. The average molecular weight is 730 g/mol. The number of ketones is 1. The van der Waals surface area contributed by atoms with E-state index in [1.807, 2.05) is 0 Å². The first-order valence-electron chi connectivity index (χ1n) is 15.8. The molecule has 2 heterocycles. The SMILES string of the molecule is CCN1C(=O)[C@@H](CC(=O)c2cccc(C(F)(F)F)c2)[C@@H](c2ccc(F)cc2)c2c(CNS(=O)(=O)NC(=O)OC(C)(C)C)nn(-c3ccccc3)c21. The van der Waals surface area contributed by atoms with Crippen LogP contribution in [0.2, 0.25) is 0 Å². The van der Waals surface area contributed by atoms with E-state index in [-0.39, 0.29) is 23.6 Å². The highest BCUT2D eigenvalue weighted by atomic mass is 32.2. The average Bonchev–Trinajstić information content (AvgIpc) is 3.42. The van der Waals surface area contributed by atoms with Crippen molar-refractivity contribution in [2.45, 2.75) is 58.4 Å². The van der Waals surface area contributed by atoms with Gasteiger partial charge >= 0.3 is 22.5 Å². The van der Waals surface area contributed by atoms with Crippen LogP contribution in [0.5, 0.6) is 0 Å². The molecule has 0 bridgehead atoms. The first-order chi connectivity index (χ1) is 23.9. The highest BCUT2D eigenvalue weighted by Crippen LogP contribution is 2.47. The fourth-order valence-corrected chi connectivity index (χ4v) is 6.61. The molecule has 4 aromatic rings. The lowest BCUT2D eigenvalue weighted by atomic mass is 9.74. The van der Waals surface area contributed by atoms with Crippen LogP contribution < -0.4 is 14.3 Å². The first-order valence-corrected chi connectivity index (χ1v) is 17.3. The van der Waals surface area contributed by atoms with Gasteiger partial charge in [-0.05, 0) is 69.7 Å². The third-order valence-corrected chi connectivity index (χ3v) is 8.99. The summed E-state index contributed by atoms with van der Waals surface area (Å²) < 4.78 is 91.3. The third-order valence-electron chi connectivity index (χ3n) is 8.03. The molecule has 0 fully saturated rings. The molecule has 2 atom stereocenters. The number of aromatic nitrogens is 2. The Hall–Kier alpha value is -5.09. The number of ether oxygens (including phenoxy) is 1. The minimum Gasteiger partial charge on any atom is -0.443 e. The van der Waals surface area contributed by atoms with Crippen molar-refractivity contribution in [3.8, 4) is 5.69 Å². The van der Waals surface area contributed by atoms with E-state index in [1.165, 1.54) is 27.8 Å². The van der Waals surface area contributed by atoms with E-state index in [2.05, 4.69) is 4.72 Å². The maximum absolute atomic E-state index is 14.4. The molecule has 0 aliphatic carbocycles. The van der Waals surface area contributed by atoms with Crippen molar-refractivity contribution < 1.29 is 45.1 Å². The summed E-state index contributed by atoms with van der Waals surface area (Å²) in [4.78, 5) is 41.8. The molecule has 2 N–H and O–H groups in total. The van der Waals surface area contributed by atoms with Crippen LogP contribution >= 0.6 is 0 Å². The zero-order chi connectivity index (χ0) is 37.3. The van der Waals surface area contributed by atoms with Gasteiger partial charge in [-0.2, -0.15) is 31.4 Å². The molecular formula is C35H35F4N5O6S. The van der Waals surface area contributed by atoms with Gasteiger partial charge in [0, 0.05) is 30.0 Å². The third kappa shape index (κ3) is 8.45. The maximum Gasteiger partial charge on any atom is 0.422 e. The number of rotatable bonds is 10. The van der Waals surface area contributed by atoms with Gasteiger partial charge < -0.3 is 4.74 Å². The van der Waals surface area contributed by atoms with E-state index >= 15 is 0 Å². The number of hydrogen-bond donors (Lipinski definition) is 2. The Morgan fingerprint density at radius 1 is 0.961 bits per heavy atom. The second-order valence-electron chi connectivity index (χ2n) is 12.8. The number of nitrogens with one attached hydrogen (secondary N) is 2. The number of para-hydroxylation sites is 1. The van der Waals surface area contributed by atoms with Gasteiger partial charge in [-0.15, -0.1) is 0 Å². The van der Waals surface area contributed by atoms with E-state index < -0.39 is 76.0 Å². The molecule has 51 heavy (non-hydrogen) atoms. The first kappa shape index (κ1) is 37.2. The highest BCUT2D eigenvalue weighted by Gasteiger charge is 2.46.